The Labute approximate surface area is 415 Å². The molecule has 0 bridgehead atoms. The first kappa shape index (κ1) is 53.6. The monoisotopic (exact) mass is 945 g/mol. The zero-order valence-electron chi connectivity index (χ0n) is 45.2. The van der Waals surface area contributed by atoms with Crippen molar-refractivity contribution < 1.29 is 34.1 Å². The minimum Gasteiger partial charge on any atom is -0.481 e. The van der Waals surface area contributed by atoms with Crippen molar-refractivity contribution in [2.45, 2.75) is 232 Å². The van der Waals surface area contributed by atoms with Crippen LogP contribution in [0, 0.1) is 102 Å². The minimum atomic E-state index is -0.736. The van der Waals surface area contributed by atoms with Gasteiger partial charge in [0.2, 0.25) is 0 Å². The zero-order chi connectivity index (χ0) is 49.3. The lowest BCUT2D eigenvalue weighted by molar-refractivity contribution is -0.192. The Morgan fingerprint density at radius 2 is 1.26 bits per heavy atom. The van der Waals surface area contributed by atoms with Crippen LogP contribution in [-0.2, 0) is 23.9 Å². The predicted octanol–water partition coefficient (Wildman–Crippen LogP) is 14.8. The summed E-state index contributed by atoms with van der Waals surface area (Å²) in [5.41, 5.74) is 2.46. The minimum absolute atomic E-state index is 0. The topological polar surface area (TPSA) is 110 Å². The molecule has 9 rings (SSSR count). The molecule has 0 aromatic rings. The van der Waals surface area contributed by atoms with E-state index in [-0.39, 0.29) is 57.7 Å². The molecule has 7 fully saturated rings. The summed E-state index contributed by atoms with van der Waals surface area (Å²) in [6.45, 7) is 36.5. The second-order valence-electron chi connectivity index (χ2n) is 28.4. The lowest BCUT2D eigenvalue weighted by Gasteiger charge is -2.70. The summed E-state index contributed by atoms with van der Waals surface area (Å²) in [5.74, 6) is 4.27. The van der Waals surface area contributed by atoms with Crippen LogP contribution in [0.5, 0.6) is 0 Å². The average molecular weight is 945 g/mol. The van der Waals surface area contributed by atoms with E-state index < -0.39 is 22.6 Å². The number of aliphatic hydroxyl groups is 1. The number of carboxylic acids is 1. The van der Waals surface area contributed by atoms with Crippen LogP contribution < -0.4 is 0 Å². The van der Waals surface area contributed by atoms with Crippen LogP contribution in [0.3, 0.4) is 0 Å². The van der Waals surface area contributed by atoms with Crippen molar-refractivity contribution >= 4 is 18.4 Å². The van der Waals surface area contributed by atoms with Gasteiger partial charge in [0.05, 0.1) is 17.6 Å². The highest BCUT2D eigenvalue weighted by Crippen LogP contribution is 2.76. The van der Waals surface area contributed by atoms with Gasteiger partial charge < -0.3 is 19.7 Å². The van der Waals surface area contributed by atoms with Crippen molar-refractivity contribution in [2.24, 2.45) is 102 Å². The smallest absolute Gasteiger partial charge is 0.310 e. The largest absolute Gasteiger partial charge is 0.481 e. The molecule has 7 nitrogen and oxygen atoms in total. The van der Waals surface area contributed by atoms with Gasteiger partial charge in [-0.1, -0.05) is 107 Å². The van der Waals surface area contributed by atoms with E-state index in [2.05, 4.69) is 102 Å². The Balaban J connectivity index is 0.000000199. The fourth-order valence-electron chi connectivity index (χ4n) is 20.6. The van der Waals surface area contributed by atoms with Crippen LogP contribution in [0.1, 0.15) is 220 Å². The molecule has 6 saturated carbocycles. The van der Waals surface area contributed by atoms with Crippen molar-refractivity contribution in [1.82, 2.24) is 0 Å². The lowest BCUT2D eigenvalue weighted by Crippen LogP contribution is -2.64. The molecular weight excluding hydrogens is 845 g/mol. The van der Waals surface area contributed by atoms with E-state index in [4.69, 9.17) is 9.47 Å². The van der Waals surface area contributed by atoms with Crippen LogP contribution in [0.15, 0.2) is 23.3 Å². The normalized spacial score (nSPS) is 50.2. The van der Waals surface area contributed by atoms with E-state index in [1.165, 1.54) is 37.7 Å². The molecule has 68 heavy (non-hydrogen) atoms. The molecule has 0 aromatic heterocycles. The highest BCUT2D eigenvalue weighted by Gasteiger charge is 2.70. The van der Waals surface area contributed by atoms with Gasteiger partial charge in [-0.05, 0) is 222 Å². The molecule has 7 heteroatoms. The molecule has 2 N–H and O–H groups in total. The molecule has 0 spiro atoms. The molecule has 9 aliphatic rings. The molecule has 1 aliphatic heterocycles. The molecule has 0 radical (unpaired) electrons. The summed E-state index contributed by atoms with van der Waals surface area (Å²) >= 11 is 0. The number of cyclic esters (lactones) is 1. The summed E-state index contributed by atoms with van der Waals surface area (Å²) in [4.78, 5) is 36.3. The summed E-state index contributed by atoms with van der Waals surface area (Å²) in [6.07, 6.45) is 22.9. The first-order chi connectivity index (χ1) is 31.0. The van der Waals surface area contributed by atoms with E-state index in [0.29, 0.717) is 60.4 Å². The highest BCUT2D eigenvalue weighted by atomic mass is 16.6. The first-order valence-corrected chi connectivity index (χ1v) is 27.6. The number of rotatable bonds is 6. The number of carbonyl (C=O) groups excluding carboxylic acids is 2. The van der Waals surface area contributed by atoms with Crippen LogP contribution >= 0.6 is 0 Å². The van der Waals surface area contributed by atoms with Gasteiger partial charge in [-0.3, -0.25) is 14.4 Å². The zero-order valence-corrected chi connectivity index (χ0v) is 45.2. The van der Waals surface area contributed by atoms with E-state index in [1.54, 1.807) is 5.57 Å². The van der Waals surface area contributed by atoms with Gasteiger partial charge in [0.15, 0.2) is 0 Å². The second-order valence-corrected chi connectivity index (χ2v) is 28.4. The van der Waals surface area contributed by atoms with Gasteiger partial charge in [0.1, 0.15) is 5.60 Å². The SMILES string of the molecule is C.C[C@@H]1CC[C@]2(C(=O)O)CC[C@]3(C)C(=CCC4[C@@]5(C)CCC(=O)OC(C)(C)C5CC[C@]43C)C2[C@H]1C.C[C@@H]1CC[C@]2(C)CC[C@]3(C)C(=CCC4[C@@](C)(CCOC=O)C(C(C)(C)O)CC[C@]43C)C2[C@H]1C. The molecule has 1 heterocycles. The summed E-state index contributed by atoms with van der Waals surface area (Å²) in [7, 11) is 0. The summed E-state index contributed by atoms with van der Waals surface area (Å²) < 4.78 is 11.2. The van der Waals surface area contributed by atoms with Crippen LogP contribution in [0.4, 0.5) is 0 Å². The Bertz CT molecular complexity index is 2010. The molecular formula is C61H100O7. The van der Waals surface area contributed by atoms with Gasteiger partial charge in [0, 0.05) is 12.3 Å². The maximum atomic E-state index is 12.8. The number of aliphatic carboxylic acids is 1. The Hall–Kier alpha value is -2.15. The third-order valence-corrected chi connectivity index (χ3v) is 25.1. The molecule has 8 aliphatic carbocycles. The van der Waals surface area contributed by atoms with Crippen LogP contribution in [0.2, 0.25) is 0 Å². The molecule has 18 atom stereocenters. The molecule has 6 unspecified atom stereocenters. The van der Waals surface area contributed by atoms with Crippen molar-refractivity contribution in [3.8, 4) is 0 Å². The van der Waals surface area contributed by atoms with E-state index in [0.717, 1.165) is 82.5 Å². The molecule has 1 saturated heterocycles. The quantitative estimate of drug-likeness (QED) is 0.118. The van der Waals surface area contributed by atoms with Crippen molar-refractivity contribution in [3.05, 3.63) is 23.3 Å². The Morgan fingerprint density at radius 1 is 0.721 bits per heavy atom. The predicted molar refractivity (Wildman–Crippen MR) is 274 cm³/mol. The number of hydrogen-bond donors (Lipinski definition) is 2. The van der Waals surface area contributed by atoms with Gasteiger partial charge in [-0.25, -0.2) is 0 Å². The van der Waals surface area contributed by atoms with Gasteiger partial charge in [-0.2, -0.15) is 0 Å². The number of fused-ring (bicyclic) bond motifs is 12. The first-order valence-electron chi connectivity index (χ1n) is 27.6. The van der Waals surface area contributed by atoms with Crippen LogP contribution in [0.25, 0.3) is 0 Å². The Morgan fingerprint density at radius 3 is 1.87 bits per heavy atom. The third-order valence-electron chi connectivity index (χ3n) is 25.1. The molecule has 0 amide bonds. The number of allylic oxidation sites excluding steroid dienone is 4. The van der Waals surface area contributed by atoms with Gasteiger partial charge in [-0.15, -0.1) is 0 Å². The lowest BCUT2D eigenvalue weighted by atomic mass is 9.35. The highest BCUT2D eigenvalue weighted by molar-refractivity contribution is 5.77. The molecule has 0 aromatic carbocycles. The molecule has 386 valence electrons. The number of carbonyl (C=O) groups is 3. The number of ether oxygens (including phenoxy) is 2. The fraction of sp³-hybridized carbons (Fsp3) is 0.885. The summed E-state index contributed by atoms with van der Waals surface area (Å²) in [5, 5.41) is 21.8. The maximum Gasteiger partial charge on any atom is 0.310 e. The van der Waals surface area contributed by atoms with Crippen molar-refractivity contribution in [2.75, 3.05) is 6.61 Å². The fourth-order valence-corrected chi connectivity index (χ4v) is 20.6. The second kappa shape index (κ2) is 17.5. The number of hydrogen-bond acceptors (Lipinski definition) is 6. The number of carboxylic acid groups (broad SMARTS) is 1. The Kier molecular flexibility index (Phi) is 13.8. The van der Waals surface area contributed by atoms with E-state index in [1.807, 2.05) is 13.8 Å². The maximum absolute atomic E-state index is 12.8. The number of esters is 1. The van der Waals surface area contributed by atoms with Gasteiger partial charge in [0.25, 0.3) is 6.47 Å². The van der Waals surface area contributed by atoms with E-state index in [9.17, 15) is 24.6 Å². The van der Waals surface area contributed by atoms with Gasteiger partial charge >= 0.3 is 11.9 Å². The average Bonchev–Trinajstić information content (AvgIpc) is 3.32. The standard InChI is InChI=1S/C30H46O4.C30H50O3.CH4/c1-18-10-15-30(25(32)33)17-16-28(6)20(24(30)19(18)2)8-9-22-27(5)13-12-23(31)34-26(3,4)21(27)11-14-29(22,28)7;1-20-11-13-27(5)15-16-29(7)22(25(27)21(20)2)9-10-24-28(6,17-18-33-19-31)23(26(3,4)32)12-14-30(24,29)8;/h8,18-19,21-22,24H,9-17H2,1-7H3,(H,32,33);9,19-21,23-25,32H,10-18H2,1-8H3;1H4/t18-,19+,21?,22?,24?,27+,28-,29-,30+;20-,21+,23?,24?,25?,27-,28+,29-,30-;/m11./s1. The van der Waals surface area contributed by atoms with Crippen molar-refractivity contribution in [3.63, 3.8) is 0 Å². The van der Waals surface area contributed by atoms with Crippen LogP contribution in [-0.4, -0.2) is 46.4 Å². The van der Waals surface area contributed by atoms with Crippen molar-refractivity contribution in [1.29, 1.82) is 0 Å². The third kappa shape index (κ3) is 7.54. The van der Waals surface area contributed by atoms with E-state index >= 15 is 0 Å². The summed E-state index contributed by atoms with van der Waals surface area (Å²) in [6, 6.07) is 0.